The molecule has 0 aromatic heterocycles. The molecule has 0 aliphatic carbocycles. The van der Waals surface area contributed by atoms with Gasteiger partial charge in [-0.25, -0.2) is 4.79 Å². The third-order valence-corrected chi connectivity index (χ3v) is 3.55. The van der Waals surface area contributed by atoms with Gasteiger partial charge in [0, 0.05) is 15.8 Å². The minimum Gasteiger partial charge on any atom is -0.334 e. The molecule has 6 heteroatoms. The highest BCUT2D eigenvalue weighted by Crippen LogP contribution is 2.10. The van der Waals surface area contributed by atoms with E-state index >= 15 is 0 Å². The number of carbonyl (C=O) groups excluding carboxylic acids is 2. The lowest BCUT2D eigenvalue weighted by Gasteiger charge is -2.08. The lowest BCUT2D eigenvalue weighted by Crippen LogP contribution is -2.39. The molecule has 3 amide bonds. The minimum absolute atomic E-state index is 0.0768. The van der Waals surface area contributed by atoms with Crippen molar-refractivity contribution >= 4 is 40.2 Å². The van der Waals surface area contributed by atoms with E-state index in [1.807, 2.05) is 54.6 Å². The van der Waals surface area contributed by atoms with Gasteiger partial charge in [-0.05, 0) is 52.4 Å². The molecule has 0 atom stereocenters. The van der Waals surface area contributed by atoms with Gasteiger partial charge >= 0.3 is 6.03 Å². The molecule has 2 aromatic rings. The molecular formula is C16H16IN3O2. The van der Waals surface area contributed by atoms with Gasteiger partial charge < -0.3 is 16.0 Å². The minimum atomic E-state index is -0.374. The van der Waals surface area contributed by atoms with Crippen molar-refractivity contribution in [2.75, 3.05) is 11.9 Å². The molecule has 22 heavy (non-hydrogen) atoms. The Labute approximate surface area is 142 Å². The summed E-state index contributed by atoms with van der Waals surface area (Å²) in [6.07, 6.45) is 0. The number of anilines is 1. The maximum atomic E-state index is 11.7. The fourth-order valence-electron chi connectivity index (χ4n) is 1.74. The van der Waals surface area contributed by atoms with Gasteiger partial charge in [0.1, 0.15) is 0 Å². The van der Waals surface area contributed by atoms with E-state index in [4.69, 9.17) is 0 Å². The average molecular weight is 409 g/mol. The molecule has 0 heterocycles. The summed E-state index contributed by atoms with van der Waals surface area (Å²) >= 11 is 2.19. The zero-order chi connectivity index (χ0) is 15.8. The number of amides is 3. The first-order valence-electron chi connectivity index (χ1n) is 6.74. The van der Waals surface area contributed by atoms with Gasteiger partial charge in [-0.1, -0.05) is 30.3 Å². The zero-order valence-electron chi connectivity index (χ0n) is 11.8. The normalized spacial score (nSPS) is 9.86. The number of hydrogen-bond acceptors (Lipinski definition) is 2. The van der Waals surface area contributed by atoms with Crippen LogP contribution in [0.1, 0.15) is 5.56 Å². The van der Waals surface area contributed by atoms with Crippen molar-refractivity contribution in [3.8, 4) is 0 Å². The summed E-state index contributed by atoms with van der Waals surface area (Å²) in [5.74, 6) is -0.268. The largest absolute Gasteiger partial charge is 0.334 e. The van der Waals surface area contributed by atoms with Crippen molar-refractivity contribution in [1.29, 1.82) is 0 Å². The van der Waals surface area contributed by atoms with Gasteiger partial charge in [0.15, 0.2) is 0 Å². The van der Waals surface area contributed by atoms with E-state index in [0.717, 1.165) is 9.13 Å². The first kappa shape index (κ1) is 16.3. The summed E-state index contributed by atoms with van der Waals surface area (Å²) in [6.45, 7) is 0.345. The maximum absolute atomic E-state index is 11.7. The van der Waals surface area contributed by atoms with Crippen LogP contribution < -0.4 is 16.0 Å². The van der Waals surface area contributed by atoms with E-state index in [-0.39, 0.29) is 18.5 Å². The van der Waals surface area contributed by atoms with E-state index in [1.54, 1.807) is 0 Å². The highest BCUT2D eigenvalue weighted by molar-refractivity contribution is 14.1. The van der Waals surface area contributed by atoms with E-state index in [0.29, 0.717) is 12.2 Å². The van der Waals surface area contributed by atoms with Gasteiger partial charge in [0.2, 0.25) is 5.91 Å². The molecule has 2 aromatic carbocycles. The van der Waals surface area contributed by atoms with E-state index in [9.17, 15) is 9.59 Å². The van der Waals surface area contributed by atoms with Crippen LogP contribution >= 0.6 is 22.6 Å². The molecule has 5 nitrogen and oxygen atoms in total. The highest BCUT2D eigenvalue weighted by atomic mass is 127. The standard InChI is InChI=1S/C16H16IN3O2/c17-13-6-8-14(9-7-13)20-15(21)11-19-16(22)18-10-12-4-2-1-3-5-12/h1-9H,10-11H2,(H,20,21)(H2,18,19,22). The number of carbonyl (C=O) groups is 2. The van der Waals surface area contributed by atoms with Crippen LogP contribution in [0.15, 0.2) is 54.6 Å². The molecule has 114 valence electrons. The Morgan fingerprint density at radius 1 is 0.909 bits per heavy atom. The Morgan fingerprint density at radius 3 is 2.27 bits per heavy atom. The van der Waals surface area contributed by atoms with Crippen LogP contribution in [0.2, 0.25) is 0 Å². The van der Waals surface area contributed by atoms with Crippen LogP contribution in [0, 0.1) is 3.57 Å². The van der Waals surface area contributed by atoms with Crippen LogP contribution in [0.4, 0.5) is 10.5 Å². The molecule has 0 spiro atoms. The SMILES string of the molecule is O=C(CNC(=O)NCc1ccccc1)Nc1ccc(I)cc1. The predicted octanol–water partition coefficient (Wildman–Crippen LogP) is 2.73. The number of hydrogen-bond donors (Lipinski definition) is 3. The Balaban J connectivity index is 1.69. The summed E-state index contributed by atoms with van der Waals surface area (Å²) in [4.78, 5) is 23.3. The topological polar surface area (TPSA) is 70.2 Å². The molecule has 0 bridgehead atoms. The van der Waals surface area contributed by atoms with Gasteiger partial charge in [-0.3, -0.25) is 4.79 Å². The molecule has 0 aliphatic heterocycles. The molecule has 0 saturated carbocycles. The molecule has 0 radical (unpaired) electrons. The Morgan fingerprint density at radius 2 is 1.59 bits per heavy atom. The molecule has 0 aliphatic rings. The van der Waals surface area contributed by atoms with Crippen LogP contribution in [0.5, 0.6) is 0 Å². The van der Waals surface area contributed by atoms with Gasteiger partial charge in [0.25, 0.3) is 0 Å². The number of benzene rings is 2. The Kier molecular flexibility index (Phi) is 6.20. The lowest BCUT2D eigenvalue weighted by atomic mass is 10.2. The fourth-order valence-corrected chi connectivity index (χ4v) is 2.10. The predicted molar refractivity (Wildman–Crippen MR) is 94.5 cm³/mol. The van der Waals surface area contributed by atoms with Gasteiger partial charge in [0.05, 0.1) is 6.54 Å². The molecule has 0 unspecified atom stereocenters. The number of nitrogens with one attached hydrogen (secondary N) is 3. The van der Waals surface area contributed by atoms with Crippen molar-refractivity contribution in [2.45, 2.75) is 6.54 Å². The van der Waals surface area contributed by atoms with Crippen LogP contribution in [0.25, 0.3) is 0 Å². The average Bonchev–Trinajstić information content (AvgIpc) is 2.54. The van der Waals surface area contributed by atoms with Crippen molar-refractivity contribution in [2.24, 2.45) is 0 Å². The number of urea groups is 1. The third kappa shape index (κ3) is 5.72. The van der Waals surface area contributed by atoms with Crippen LogP contribution in [-0.2, 0) is 11.3 Å². The first-order chi connectivity index (χ1) is 10.6. The van der Waals surface area contributed by atoms with E-state index < -0.39 is 0 Å². The Hall–Kier alpha value is -2.09. The molecule has 0 saturated heterocycles. The van der Waals surface area contributed by atoms with Crippen LogP contribution in [-0.4, -0.2) is 18.5 Å². The summed E-state index contributed by atoms with van der Waals surface area (Å²) in [5.41, 5.74) is 1.71. The second-order valence-corrected chi connectivity index (χ2v) is 5.82. The zero-order valence-corrected chi connectivity index (χ0v) is 14.0. The van der Waals surface area contributed by atoms with E-state index in [1.165, 1.54) is 0 Å². The lowest BCUT2D eigenvalue weighted by molar-refractivity contribution is -0.115. The summed E-state index contributed by atoms with van der Waals surface area (Å²) in [6, 6.07) is 16.6. The van der Waals surface area contributed by atoms with Crippen molar-refractivity contribution in [3.05, 3.63) is 63.7 Å². The van der Waals surface area contributed by atoms with E-state index in [2.05, 4.69) is 38.5 Å². The molecular weight excluding hydrogens is 393 g/mol. The van der Waals surface area contributed by atoms with Gasteiger partial charge in [-0.15, -0.1) is 0 Å². The van der Waals surface area contributed by atoms with Crippen molar-refractivity contribution in [1.82, 2.24) is 10.6 Å². The van der Waals surface area contributed by atoms with Crippen LogP contribution in [0.3, 0.4) is 0 Å². The summed E-state index contributed by atoms with van der Waals surface area (Å²) in [7, 11) is 0. The fraction of sp³-hybridized carbons (Fsp3) is 0.125. The summed E-state index contributed by atoms with van der Waals surface area (Å²) in [5, 5.41) is 7.93. The molecule has 3 N–H and O–H groups in total. The summed E-state index contributed by atoms with van der Waals surface area (Å²) < 4.78 is 1.09. The quantitative estimate of drug-likeness (QED) is 0.665. The second-order valence-electron chi connectivity index (χ2n) is 4.58. The van der Waals surface area contributed by atoms with Crippen molar-refractivity contribution in [3.63, 3.8) is 0 Å². The van der Waals surface area contributed by atoms with Crippen molar-refractivity contribution < 1.29 is 9.59 Å². The maximum Gasteiger partial charge on any atom is 0.315 e. The highest BCUT2D eigenvalue weighted by Gasteiger charge is 2.05. The second kappa shape index (κ2) is 8.38. The number of rotatable bonds is 5. The molecule has 2 rings (SSSR count). The first-order valence-corrected chi connectivity index (χ1v) is 7.82. The third-order valence-electron chi connectivity index (χ3n) is 2.83. The number of halogens is 1. The molecule has 0 fully saturated rings. The smallest absolute Gasteiger partial charge is 0.315 e. The Bertz CT molecular complexity index is 630. The van der Waals surface area contributed by atoms with Gasteiger partial charge in [-0.2, -0.15) is 0 Å². The monoisotopic (exact) mass is 409 g/mol.